The van der Waals surface area contributed by atoms with Gasteiger partial charge in [0.25, 0.3) is 5.91 Å². The zero-order valence-corrected chi connectivity index (χ0v) is 9.99. The molecule has 17 heavy (non-hydrogen) atoms. The first kappa shape index (κ1) is 12.1. The van der Waals surface area contributed by atoms with Gasteiger partial charge in [0.05, 0.1) is 6.10 Å². The third kappa shape index (κ3) is 3.05. The van der Waals surface area contributed by atoms with Crippen molar-refractivity contribution in [3.8, 4) is 0 Å². The summed E-state index contributed by atoms with van der Waals surface area (Å²) >= 11 is 0. The number of rotatable bonds is 3. The average molecular weight is 234 g/mol. The molecule has 0 fully saturated rings. The number of hydrogen-bond donors (Lipinski definition) is 3. The summed E-state index contributed by atoms with van der Waals surface area (Å²) in [7, 11) is 0. The van der Waals surface area contributed by atoms with Crippen molar-refractivity contribution in [1.82, 2.24) is 10.6 Å². The monoisotopic (exact) mass is 234 g/mol. The van der Waals surface area contributed by atoms with E-state index in [0.717, 1.165) is 19.5 Å². The van der Waals surface area contributed by atoms with E-state index in [-0.39, 0.29) is 12.5 Å². The minimum atomic E-state index is -0.513. The highest BCUT2D eigenvalue weighted by molar-refractivity contribution is 5.94. The van der Waals surface area contributed by atoms with E-state index >= 15 is 0 Å². The van der Waals surface area contributed by atoms with Gasteiger partial charge in [-0.3, -0.25) is 4.79 Å². The van der Waals surface area contributed by atoms with Gasteiger partial charge in [-0.25, -0.2) is 0 Å². The van der Waals surface area contributed by atoms with Gasteiger partial charge in [-0.2, -0.15) is 0 Å². The number of aliphatic hydroxyl groups excluding tert-OH is 1. The van der Waals surface area contributed by atoms with Gasteiger partial charge < -0.3 is 15.7 Å². The summed E-state index contributed by atoms with van der Waals surface area (Å²) in [5, 5.41) is 15.1. The summed E-state index contributed by atoms with van der Waals surface area (Å²) in [6, 6.07) is 5.79. The Morgan fingerprint density at radius 3 is 3.12 bits per heavy atom. The maximum atomic E-state index is 11.8. The second kappa shape index (κ2) is 5.29. The van der Waals surface area contributed by atoms with Crippen LogP contribution in [0.2, 0.25) is 0 Å². The molecule has 1 amide bonds. The van der Waals surface area contributed by atoms with Gasteiger partial charge in [0, 0.05) is 18.7 Å². The summed E-state index contributed by atoms with van der Waals surface area (Å²) in [5.74, 6) is -0.118. The third-order valence-electron chi connectivity index (χ3n) is 2.91. The third-order valence-corrected chi connectivity index (χ3v) is 2.91. The molecule has 4 heteroatoms. The molecule has 3 N–H and O–H groups in total. The van der Waals surface area contributed by atoms with Crippen LogP contribution in [0.4, 0.5) is 0 Å². The molecule has 1 unspecified atom stereocenters. The number of nitrogens with one attached hydrogen (secondary N) is 2. The Morgan fingerprint density at radius 2 is 2.35 bits per heavy atom. The molecule has 2 rings (SSSR count). The summed E-state index contributed by atoms with van der Waals surface area (Å²) in [6.07, 6.45) is 0.452. The Morgan fingerprint density at radius 1 is 1.53 bits per heavy atom. The summed E-state index contributed by atoms with van der Waals surface area (Å²) < 4.78 is 0. The summed E-state index contributed by atoms with van der Waals surface area (Å²) in [6.45, 7) is 3.78. The molecule has 1 aromatic rings. The molecule has 0 saturated heterocycles. The van der Waals surface area contributed by atoms with Crippen molar-refractivity contribution in [2.24, 2.45) is 0 Å². The first-order chi connectivity index (χ1) is 8.16. The fourth-order valence-electron chi connectivity index (χ4n) is 1.96. The first-order valence-corrected chi connectivity index (χ1v) is 5.95. The maximum Gasteiger partial charge on any atom is 0.251 e. The van der Waals surface area contributed by atoms with Crippen LogP contribution in [0, 0.1) is 0 Å². The van der Waals surface area contributed by atoms with Crippen LogP contribution >= 0.6 is 0 Å². The minimum Gasteiger partial charge on any atom is -0.392 e. The Hall–Kier alpha value is -1.39. The van der Waals surface area contributed by atoms with Gasteiger partial charge in [0.2, 0.25) is 0 Å². The smallest absolute Gasteiger partial charge is 0.251 e. The van der Waals surface area contributed by atoms with Gasteiger partial charge in [-0.1, -0.05) is 6.07 Å². The van der Waals surface area contributed by atoms with Crippen molar-refractivity contribution >= 4 is 5.91 Å². The molecule has 0 aliphatic carbocycles. The van der Waals surface area contributed by atoms with Crippen LogP contribution in [0.3, 0.4) is 0 Å². The minimum absolute atomic E-state index is 0.118. The average Bonchev–Trinajstić information content (AvgIpc) is 2.35. The van der Waals surface area contributed by atoms with Crippen LogP contribution < -0.4 is 10.6 Å². The van der Waals surface area contributed by atoms with Crippen LogP contribution in [-0.4, -0.2) is 30.2 Å². The van der Waals surface area contributed by atoms with Crippen molar-refractivity contribution < 1.29 is 9.90 Å². The molecule has 0 spiro atoms. The number of hydrogen-bond acceptors (Lipinski definition) is 3. The van der Waals surface area contributed by atoms with Crippen molar-refractivity contribution in [2.45, 2.75) is 26.0 Å². The van der Waals surface area contributed by atoms with E-state index in [0.29, 0.717) is 5.56 Å². The molecule has 0 radical (unpaired) electrons. The molecule has 4 nitrogen and oxygen atoms in total. The summed E-state index contributed by atoms with van der Waals surface area (Å²) in [5.41, 5.74) is 3.18. The predicted octanol–water partition coefficient (Wildman–Crippen LogP) is 0.443. The normalized spacial score (nSPS) is 16.1. The van der Waals surface area contributed by atoms with Crippen molar-refractivity contribution in [3.63, 3.8) is 0 Å². The largest absolute Gasteiger partial charge is 0.392 e. The maximum absolute atomic E-state index is 11.8. The molecule has 1 aliphatic rings. The Labute approximate surface area is 101 Å². The van der Waals surface area contributed by atoms with E-state index in [9.17, 15) is 4.79 Å². The van der Waals surface area contributed by atoms with E-state index < -0.39 is 6.10 Å². The number of benzene rings is 1. The zero-order valence-electron chi connectivity index (χ0n) is 9.99. The molecule has 0 saturated carbocycles. The Balaban J connectivity index is 2.08. The van der Waals surface area contributed by atoms with Crippen molar-refractivity contribution in [2.75, 3.05) is 13.1 Å². The molecular formula is C13H18N2O2. The second-order valence-corrected chi connectivity index (χ2v) is 4.47. The quantitative estimate of drug-likeness (QED) is 0.711. The molecule has 1 aromatic carbocycles. The highest BCUT2D eigenvalue weighted by atomic mass is 16.3. The molecule has 92 valence electrons. The van der Waals surface area contributed by atoms with Crippen LogP contribution in [0.5, 0.6) is 0 Å². The van der Waals surface area contributed by atoms with Crippen LogP contribution in [0.1, 0.15) is 28.4 Å². The lowest BCUT2D eigenvalue weighted by Crippen LogP contribution is -2.31. The molecular weight excluding hydrogens is 216 g/mol. The van der Waals surface area contributed by atoms with Gasteiger partial charge >= 0.3 is 0 Å². The molecule has 1 atom stereocenters. The number of fused-ring (bicyclic) bond motifs is 1. The Bertz CT molecular complexity index is 416. The molecule has 1 aliphatic heterocycles. The van der Waals surface area contributed by atoms with Gasteiger partial charge in [0.15, 0.2) is 0 Å². The van der Waals surface area contributed by atoms with Crippen LogP contribution in [-0.2, 0) is 13.0 Å². The Kier molecular flexibility index (Phi) is 3.76. The topological polar surface area (TPSA) is 61.4 Å². The van der Waals surface area contributed by atoms with Gasteiger partial charge in [-0.15, -0.1) is 0 Å². The lowest BCUT2D eigenvalue weighted by Gasteiger charge is -2.17. The lowest BCUT2D eigenvalue weighted by molar-refractivity contribution is 0.0924. The van der Waals surface area contributed by atoms with E-state index in [1.54, 1.807) is 6.92 Å². The predicted molar refractivity (Wildman–Crippen MR) is 65.9 cm³/mol. The molecule has 1 heterocycles. The highest BCUT2D eigenvalue weighted by Crippen LogP contribution is 2.15. The van der Waals surface area contributed by atoms with E-state index in [4.69, 9.17) is 5.11 Å². The SMILES string of the molecule is CC(O)CNC(=O)c1ccc2c(c1)CCNC2. The standard InChI is InChI=1S/C13H18N2O2/c1-9(16)7-15-13(17)11-2-3-12-8-14-5-4-10(12)6-11/h2-3,6,9,14,16H,4-5,7-8H2,1H3,(H,15,17). The van der Waals surface area contributed by atoms with E-state index in [1.165, 1.54) is 11.1 Å². The molecule has 0 bridgehead atoms. The number of carbonyl (C=O) groups is 1. The number of carbonyl (C=O) groups excluding carboxylic acids is 1. The summed E-state index contributed by atoms with van der Waals surface area (Å²) in [4.78, 5) is 11.8. The van der Waals surface area contributed by atoms with Gasteiger partial charge in [-0.05, 0) is 43.1 Å². The first-order valence-electron chi connectivity index (χ1n) is 5.95. The number of amides is 1. The second-order valence-electron chi connectivity index (χ2n) is 4.47. The van der Waals surface area contributed by atoms with E-state index in [1.807, 2.05) is 18.2 Å². The van der Waals surface area contributed by atoms with Crippen molar-refractivity contribution in [1.29, 1.82) is 0 Å². The fourth-order valence-corrected chi connectivity index (χ4v) is 1.96. The fraction of sp³-hybridized carbons (Fsp3) is 0.462. The van der Waals surface area contributed by atoms with Gasteiger partial charge in [0.1, 0.15) is 0 Å². The van der Waals surface area contributed by atoms with Crippen LogP contribution in [0.15, 0.2) is 18.2 Å². The zero-order chi connectivity index (χ0) is 12.3. The molecule has 0 aromatic heterocycles. The lowest BCUT2D eigenvalue weighted by atomic mass is 9.98. The van der Waals surface area contributed by atoms with Crippen LogP contribution in [0.25, 0.3) is 0 Å². The van der Waals surface area contributed by atoms with Crippen molar-refractivity contribution in [3.05, 3.63) is 34.9 Å². The number of aliphatic hydroxyl groups is 1. The van der Waals surface area contributed by atoms with E-state index in [2.05, 4.69) is 10.6 Å². The highest BCUT2D eigenvalue weighted by Gasteiger charge is 2.12.